The number of pyridine rings is 1. The minimum Gasteiger partial charge on any atom is -0.473 e. The molecule has 0 aliphatic heterocycles. The Kier molecular flexibility index (Phi) is 5.81. The third-order valence-corrected chi connectivity index (χ3v) is 5.39. The number of ether oxygens (including phenoxy) is 2. The van der Waals surface area contributed by atoms with Crippen LogP contribution in [0.4, 0.5) is 0 Å². The number of nitrogens with zero attached hydrogens (tertiary/aromatic N) is 4. The molecule has 7 heteroatoms. The summed E-state index contributed by atoms with van der Waals surface area (Å²) in [6, 6.07) is 29.5. The van der Waals surface area contributed by atoms with Gasteiger partial charge < -0.3 is 9.47 Å². The average Bonchev–Trinajstić information content (AvgIpc) is 3.25. The lowest BCUT2D eigenvalue weighted by molar-refractivity contribution is 0.267. The molecule has 0 atom stereocenters. The van der Waals surface area contributed by atoms with Crippen molar-refractivity contribution < 1.29 is 9.47 Å². The molecular weight excluding hydrogens is 468 g/mol. The summed E-state index contributed by atoms with van der Waals surface area (Å²) >= 11 is 3.48. The van der Waals surface area contributed by atoms with Crippen LogP contribution in [0.1, 0.15) is 11.1 Å². The van der Waals surface area contributed by atoms with E-state index in [9.17, 15) is 0 Å². The maximum absolute atomic E-state index is 6.12. The summed E-state index contributed by atoms with van der Waals surface area (Å²) in [4.78, 5) is 4.64. The highest BCUT2D eigenvalue weighted by molar-refractivity contribution is 9.10. The Morgan fingerprint density at radius 1 is 0.750 bits per heavy atom. The monoisotopic (exact) mass is 486 g/mol. The smallest absolute Gasteiger partial charge is 0.243 e. The molecule has 0 saturated carbocycles. The fraction of sp³-hybridized carbons (Fsp3) is 0.0800. The van der Waals surface area contributed by atoms with Crippen molar-refractivity contribution in [1.82, 2.24) is 20.0 Å². The van der Waals surface area contributed by atoms with Gasteiger partial charge >= 0.3 is 0 Å². The van der Waals surface area contributed by atoms with E-state index in [2.05, 4.69) is 31.2 Å². The Bertz CT molecular complexity index is 1340. The quantitative estimate of drug-likeness (QED) is 0.293. The van der Waals surface area contributed by atoms with Crippen LogP contribution < -0.4 is 9.47 Å². The van der Waals surface area contributed by atoms with Crippen LogP contribution in [0.25, 0.3) is 16.7 Å². The van der Waals surface area contributed by atoms with Gasteiger partial charge in [0.05, 0.1) is 5.52 Å². The molecule has 5 aromatic rings. The zero-order valence-corrected chi connectivity index (χ0v) is 18.6. The number of halogens is 1. The molecule has 0 aliphatic carbocycles. The van der Waals surface area contributed by atoms with E-state index in [0.29, 0.717) is 30.7 Å². The lowest BCUT2D eigenvalue weighted by atomic mass is 10.2. The molecule has 0 aliphatic rings. The third-order valence-electron chi connectivity index (χ3n) is 4.90. The van der Waals surface area contributed by atoms with Gasteiger partial charge in [-0.2, -0.15) is 4.98 Å². The fourth-order valence-electron chi connectivity index (χ4n) is 3.30. The maximum Gasteiger partial charge on any atom is 0.243 e. The van der Waals surface area contributed by atoms with Gasteiger partial charge in [0.2, 0.25) is 11.8 Å². The summed E-state index contributed by atoms with van der Waals surface area (Å²) in [5, 5.41) is 8.61. The van der Waals surface area contributed by atoms with E-state index in [1.807, 2.05) is 91.0 Å². The Morgan fingerprint density at radius 3 is 2.16 bits per heavy atom. The van der Waals surface area contributed by atoms with E-state index in [4.69, 9.17) is 9.47 Å². The molecule has 5 rings (SSSR count). The van der Waals surface area contributed by atoms with Crippen LogP contribution >= 0.6 is 15.9 Å². The van der Waals surface area contributed by atoms with E-state index in [0.717, 1.165) is 26.6 Å². The summed E-state index contributed by atoms with van der Waals surface area (Å²) in [6.07, 6.45) is 0. The van der Waals surface area contributed by atoms with Crippen LogP contribution in [0.15, 0.2) is 95.5 Å². The first-order valence-electron chi connectivity index (χ1n) is 10.1. The van der Waals surface area contributed by atoms with Crippen LogP contribution in [-0.4, -0.2) is 20.0 Å². The molecule has 2 aromatic heterocycles. The van der Waals surface area contributed by atoms with E-state index in [1.165, 1.54) is 0 Å². The topological polar surface area (TPSA) is 62.1 Å². The first kappa shape index (κ1) is 20.2. The molecule has 2 heterocycles. The predicted molar refractivity (Wildman–Crippen MR) is 126 cm³/mol. The Morgan fingerprint density at radius 2 is 1.44 bits per heavy atom. The number of rotatable bonds is 7. The second kappa shape index (κ2) is 9.20. The maximum atomic E-state index is 6.12. The fourth-order valence-corrected chi connectivity index (χ4v) is 3.65. The van der Waals surface area contributed by atoms with Crippen molar-refractivity contribution in [3.05, 3.63) is 107 Å². The second-order valence-electron chi connectivity index (χ2n) is 7.16. The van der Waals surface area contributed by atoms with Gasteiger partial charge in [-0.3, -0.25) is 0 Å². The molecule has 0 spiro atoms. The lowest BCUT2D eigenvalue weighted by Crippen LogP contribution is -2.06. The van der Waals surface area contributed by atoms with E-state index in [-0.39, 0.29) is 0 Å². The zero-order valence-electron chi connectivity index (χ0n) is 17.1. The highest BCUT2D eigenvalue weighted by atomic mass is 79.9. The van der Waals surface area contributed by atoms with Gasteiger partial charge in [0.25, 0.3) is 0 Å². The van der Waals surface area contributed by atoms with Crippen LogP contribution in [0.2, 0.25) is 0 Å². The Labute approximate surface area is 193 Å². The van der Waals surface area contributed by atoms with Gasteiger partial charge in [-0.1, -0.05) is 81.8 Å². The Balaban J connectivity index is 1.48. The van der Waals surface area contributed by atoms with Gasteiger partial charge in [0.15, 0.2) is 0 Å². The van der Waals surface area contributed by atoms with E-state index >= 15 is 0 Å². The van der Waals surface area contributed by atoms with E-state index < -0.39 is 0 Å². The van der Waals surface area contributed by atoms with Crippen LogP contribution in [0, 0.1) is 0 Å². The number of fused-ring (bicyclic) bond motifs is 1. The lowest BCUT2D eigenvalue weighted by Gasteiger charge is -2.13. The summed E-state index contributed by atoms with van der Waals surface area (Å²) in [5.74, 6) is 0.905. The SMILES string of the molecule is Brc1ccc2c(c1)nnn2-c1ccc(OCc2ccccc2)nc1OCc1ccccc1. The van der Waals surface area contributed by atoms with Crippen molar-refractivity contribution in [1.29, 1.82) is 0 Å². The number of hydrogen-bond donors (Lipinski definition) is 0. The largest absolute Gasteiger partial charge is 0.473 e. The highest BCUT2D eigenvalue weighted by Crippen LogP contribution is 2.28. The highest BCUT2D eigenvalue weighted by Gasteiger charge is 2.15. The van der Waals surface area contributed by atoms with Crippen molar-refractivity contribution in [2.45, 2.75) is 13.2 Å². The molecule has 6 nitrogen and oxygen atoms in total. The first-order valence-corrected chi connectivity index (χ1v) is 10.9. The average molecular weight is 487 g/mol. The summed E-state index contributed by atoms with van der Waals surface area (Å²) in [6.45, 7) is 0.798. The van der Waals surface area contributed by atoms with Gasteiger partial charge in [-0.05, 0) is 35.4 Å². The van der Waals surface area contributed by atoms with Crippen molar-refractivity contribution in [3.8, 4) is 17.4 Å². The number of benzene rings is 3. The molecule has 158 valence electrons. The van der Waals surface area contributed by atoms with Gasteiger partial charge in [-0.15, -0.1) is 5.10 Å². The van der Waals surface area contributed by atoms with Crippen molar-refractivity contribution in [2.75, 3.05) is 0 Å². The predicted octanol–water partition coefficient (Wildman–Crippen LogP) is 5.74. The first-order chi connectivity index (χ1) is 15.8. The molecule has 0 fully saturated rings. The van der Waals surface area contributed by atoms with Crippen LogP contribution in [-0.2, 0) is 13.2 Å². The third kappa shape index (κ3) is 4.48. The molecule has 0 bridgehead atoms. The van der Waals surface area contributed by atoms with Gasteiger partial charge in [0.1, 0.15) is 24.4 Å². The van der Waals surface area contributed by atoms with Gasteiger partial charge in [-0.25, -0.2) is 4.68 Å². The standard InChI is InChI=1S/C25H19BrN4O2/c26-20-11-12-22-21(15-20)28-29-30(22)23-13-14-24(31-16-18-7-3-1-4-8-18)27-25(23)32-17-19-9-5-2-6-10-19/h1-15H,16-17H2. The van der Waals surface area contributed by atoms with E-state index in [1.54, 1.807) is 4.68 Å². The molecule has 0 radical (unpaired) electrons. The van der Waals surface area contributed by atoms with Crippen LogP contribution in [0.3, 0.4) is 0 Å². The van der Waals surface area contributed by atoms with Crippen molar-refractivity contribution >= 4 is 27.0 Å². The molecule has 0 saturated heterocycles. The number of hydrogen-bond acceptors (Lipinski definition) is 5. The van der Waals surface area contributed by atoms with Gasteiger partial charge in [0, 0.05) is 10.5 Å². The minimum atomic E-state index is 0.376. The minimum absolute atomic E-state index is 0.376. The summed E-state index contributed by atoms with van der Waals surface area (Å²) in [7, 11) is 0. The normalized spacial score (nSPS) is 10.9. The second-order valence-corrected chi connectivity index (χ2v) is 8.07. The number of aromatic nitrogens is 4. The zero-order chi connectivity index (χ0) is 21.8. The van der Waals surface area contributed by atoms with Crippen molar-refractivity contribution in [3.63, 3.8) is 0 Å². The molecule has 0 amide bonds. The molecule has 3 aromatic carbocycles. The van der Waals surface area contributed by atoms with Crippen molar-refractivity contribution in [2.24, 2.45) is 0 Å². The molecular formula is C25H19BrN4O2. The summed E-state index contributed by atoms with van der Waals surface area (Å²) in [5.41, 5.74) is 4.44. The van der Waals surface area contributed by atoms with Crippen LogP contribution in [0.5, 0.6) is 11.8 Å². The summed E-state index contributed by atoms with van der Waals surface area (Å²) < 4.78 is 14.7. The Hall–Kier alpha value is -3.71. The molecule has 32 heavy (non-hydrogen) atoms. The molecule has 0 N–H and O–H groups in total. The molecule has 0 unspecified atom stereocenters.